The molecule has 29 heavy (non-hydrogen) atoms. The van der Waals surface area contributed by atoms with Crippen LogP contribution in [-0.2, 0) is 4.74 Å². The number of carbonyl (C=O) groups is 2. The molecule has 0 radical (unpaired) electrons. The van der Waals surface area contributed by atoms with Crippen LogP contribution in [-0.4, -0.2) is 66.3 Å². The van der Waals surface area contributed by atoms with Crippen LogP contribution >= 0.6 is 11.8 Å². The molecule has 1 aliphatic rings. The second-order valence-corrected chi connectivity index (χ2v) is 9.11. The van der Waals surface area contributed by atoms with E-state index in [4.69, 9.17) is 9.15 Å². The van der Waals surface area contributed by atoms with E-state index in [0.29, 0.717) is 24.6 Å². The van der Waals surface area contributed by atoms with Crippen LogP contribution in [0.5, 0.6) is 0 Å². The molecule has 1 aliphatic heterocycles. The molecule has 3 rings (SSSR count). The predicted molar refractivity (Wildman–Crippen MR) is 115 cm³/mol. The summed E-state index contributed by atoms with van der Waals surface area (Å²) in [5.74, 6) is 1.98. The molecule has 2 heterocycles. The summed E-state index contributed by atoms with van der Waals surface area (Å²) in [5.41, 5.74) is 0.541. The van der Waals surface area contributed by atoms with Crippen LogP contribution in [0, 0.1) is 0 Å². The second-order valence-electron chi connectivity index (χ2n) is 7.97. The number of hydrogen-bond acceptors (Lipinski definition) is 6. The summed E-state index contributed by atoms with van der Waals surface area (Å²) >= 11 is 1.77. The van der Waals surface area contributed by atoms with Gasteiger partial charge in [-0.05, 0) is 39.0 Å². The highest BCUT2D eigenvalue weighted by Crippen LogP contribution is 2.32. The van der Waals surface area contributed by atoms with Gasteiger partial charge in [0, 0.05) is 48.9 Å². The molecule has 6 nitrogen and oxygen atoms in total. The lowest BCUT2D eigenvalue weighted by molar-refractivity contribution is 0.0150. The van der Waals surface area contributed by atoms with Crippen LogP contribution in [0.3, 0.4) is 0 Å². The third-order valence-electron chi connectivity index (χ3n) is 4.58. The topological polar surface area (TPSA) is 63.0 Å². The molecule has 1 saturated heterocycles. The summed E-state index contributed by atoms with van der Waals surface area (Å²) in [6.45, 7) is 9.69. The first kappa shape index (κ1) is 21.5. The standard InChI is InChI=1S/C22H28N2O4S/c1-22(2,3)28-21(26)24-12-10-23(11-13-24)14-15-29-20-7-5-4-6-18(20)19-9-8-17(16-25)27-19/h4-9,16H,10-15H2,1-3H3. The van der Waals surface area contributed by atoms with Crippen molar-refractivity contribution >= 4 is 24.1 Å². The van der Waals surface area contributed by atoms with Gasteiger partial charge in [0.1, 0.15) is 11.4 Å². The second kappa shape index (κ2) is 9.50. The molecule has 7 heteroatoms. The quantitative estimate of drug-likeness (QED) is 0.514. The van der Waals surface area contributed by atoms with E-state index in [-0.39, 0.29) is 6.09 Å². The van der Waals surface area contributed by atoms with Gasteiger partial charge in [0.05, 0.1) is 0 Å². The molecule has 1 fully saturated rings. The third kappa shape index (κ3) is 6.11. The van der Waals surface area contributed by atoms with E-state index in [2.05, 4.69) is 11.0 Å². The number of benzene rings is 1. The van der Waals surface area contributed by atoms with E-state index in [9.17, 15) is 9.59 Å². The maximum Gasteiger partial charge on any atom is 0.410 e. The maximum absolute atomic E-state index is 12.2. The van der Waals surface area contributed by atoms with Gasteiger partial charge in [-0.25, -0.2) is 4.79 Å². The Morgan fingerprint density at radius 2 is 1.86 bits per heavy atom. The van der Waals surface area contributed by atoms with Crippen LogP contribution in [0.15, 0.2) is 45.7 Å². The number of nitrogens with zero attached hydrogens (tertiary/aromatic N) is 2. The van der Waals surface area contributed by atoms with Crippen molar-refractivity contribution < 1.29 is 18.7 Å². The van der Waals surface area contributed by atoms with Gasteiger partial charge in [-0.15, -0.1) is 11.8 Å². The minimum atomic E-state index is -0.460. The number of rotatable bonds is 6. The molecule has 1 aromatic carbocycles. The minimum absolute atomic E-state index is 0.228. The van der Waals surface area contributed by atoms with Crippen LogP contribution in [0.2, 0.25) is 0 Å². The van der Waals surface area contributed by atoms with Gasteiger partial charge in [0.15, 0.2) is 12.0 Å². The highest BCUT2D eigenvalue weighted by atomic mass is 32.2. The van der Waals surface area contributed by atoms with Crippen molar-refractivity contribution in [1.82, 2.24) is 9.80 Å². The van der Waals surface area contributed by atoms with E-state index in [1.54, 1.807) is 22.7 Å². The Morgan fingerprint density at radius 1 is 1.14 bits per heavy atom. The fourth-order valence-electron chi connectivity index (χ4n) is 3.12. The number of amides is 1. The summed E-state index contributed by atoms with van der Waals surface area (Å²) in [6.07, 6.45) is 0.490. The average molecular weight is 417 g/mol. The van der Waals surface area contributed by atoms with Gasteiger partial charge >= 0.3 is 6.09 Å². The van der Waals surface area contributed by atoms with Gasteiger partial charge in [-0.3, -0.25) is 9.69 Å². The Morgan fingerprint density at radius 3 is 2.52 bits per heavy atom. The van der Waals surface area contributed by atoms with E-state index in [0.717, 1.165) is 42.1 Å². The zero-order valence-corrected chi connectivity index (χ0v) is 18.0. The first-order valence-electron chi connectivity index (χ1n) is 9.83. The fourth-order valence-corrected chi connectivity index (χ4v) is 4.19. The smallest absolute Gasteiger partial charge is 0.410 e. The number of thioether (sulfide) groups is 1. The van der Waals surface area contributed by atoms with Crippen molar-refractivity contribution in [1.29, 1.82) is 0 Å². The molecule has 0 aliphatic carbocycles. The summed E-state index contributed by atoms with van der Waals surface area (Å²) in [7, 11) is 0. The van der Waals surface area contributed by atoms with Gasteiger partial charge in [-0.1, -0.05) is 18.2 Å². The van der Waals surface area contributed by atoms with E-state index >= 15 is 0 Å². The number of ether oxygens (including phenoxy) is 1. The fraction of sp³-hybridized carbons (Fsp3) is 0.455. The van der Waals surface area contributed by atoms with Crippen molar-refractivity contribution in [2.75, 3.05) is 38.5 Å². The maximum atomic E-state index is 12.2. The van der Waals surface area contributed by atoms with E-state index < -0.39 is 5.60 Å². The van der Waals surface area contributed by atoms with Gasteiger partial charge in [0.2, 0.25) is 0 Å². The van der Waals surface area contributed by atoms with Crippen molar-refractivity contribution in [3.8, 4) is 11.3 Å². The molecular weight excluding hydrogens is 388 g/mol. The number of furan rings is 1. The Labute approximate surface area is 176 Å². The lowest BCUT2D eigenvalue weighted by Gasteiger charge is -2.35. The first-order valence-corrected chi connectivity index (χ1v) is 10.8. The lowest BCUT2D eigenvalue weighted by Crippen LogP contribution is -2.50. The van der Waals surface area contributed by atoms with Crippen molar-refractivity contribution in [3.63, 3.8) is 0 Å². The summed E-state index contributed by atoms with van der Waals surface area (Å²) in [5, 5.41) is 0. The molecule has 0 bridgehead atoms. The molecule has 0 saturated carbocycles. The molecule has 1 aromatic heterocycles. The average Bonchev–Trinajstić information content (AvgIpc) is 3.17. The molecule has 0 spiro atoms. The zero-order chi connectivity index (χ0) is 20.9. The largest absolute Gasteiger partial charge is 0.453 e. The first-order chi connectivity index (χ1) is 13.9. The Hall–Kier alpha value is -2.25. The Balaban J connectivity index is 1.48. The predicted octanol–water partition coefficient (Wildman–Crippen LogP) is 4.40. The molecule has 2 aromatic rings. The monoisotopic (exact) mass is 416 g/mol. The molecule has 0 atom stereocenters. The number of piperazine rings is 1. The SMILES string of the molecule is CC(C)(C)OC(=O)N1CCN(CCSc2ccccc2-c2ccc(C=O)o2)CC1. The summed E-state index contributed by atoms with van der Waals surface area (Å²) in [4.78, 5) is 28.3. The van der Waals surface area contributed by atoms with Crippen molar-refractivity contribution in [2.45, 2.75) is 31.3 Å². The van der Waals surface area contributed by atoms with Crippen molar-refractivity contribution in [2.24, 2.45) is 0 Å². The van der Waals surface area contributed by atoms with Crippen LogP contribution in [0.1, 0.15) is 31.3 Å². The van der Waals surface area contributed by atoms with Gasteiger partial charge in [0.25, 0.3) is 0 Å². The normalized spacial score (nSPS) is 15.3. The molecule has 1 amide bonds. The van der Waals surface area contributed by atoms with Gasteiger partial charge in [-0.2, -0.15) is 0 Å². The molecule has 0 N–H and O–H groups in total. The summed E-state index contributed by atoms with van der Waals surface area (Å²) < 4.78 is 11.0. The number of hydrogen-bond donors (Lipinski definition) is 0. The van der Waals surface area contributed by atoms with Gasteiger partial charge < -0.3 is 14.1 Å². The lowest BCUT2D eigenvalue weighted by atomic mass is 10.2. The highest BCUT2D eigenvalue weighted by Gasteiger charge is 2.25. The Kier molecular flexibility index (Phi) is 7.03. The minimum Gasteiger partial charge on any atom is -0.453 e. The summed E-state index contributed by atoms with van der Waals surface area (Å²) in [6, 6.07) is 11.6. The number of aldehydes is 1. The molecule has 0 unspecified atom stereocenters. The van der Waals surface area contributed by atoms with Crippen molar-refractivity contribution in [3.05, 3.63) is 42.2 Å². The van der Waals surface area contributed by atoms with E-state index in [1.807, 2.05) is 45.0 Å². The van der Waals surface area contributed by atoms with Crippen LogP contribution < -0.4 is 0 Å². The molecule has 156 valence electrons. The van der Waals surface area contributed by atoms with Crippen LogP contribution in [0.4, 0.5) is 4.79 Å². The van der Waals surface area contributed by atoms with E-state index in [1.165, 1.54) is 0 Å². The number of carbonyl (C=O) groups excluding carboxylic acids is 2. The molecular formula is C22H28N2O4S. The van der Waals surface area contributed by atoms with Crippen LogP contribution in [0.25, 0.3) is 11.3 Å². The third-order valence-corrected chi connectivity index (χ3v) is 5.64. The Bertz CT molecular complexity index is 835. The highest BCUT2D eigenvalue weighted by molar-refractivity contribution is 7.99. The zero-order valence-electron chi connectivity index (χ0n) is 17.2.